The van der Waals surface area contributed by atoms with E-state index in [0.717, 1.165) is 17.7 Å². The summed E-state index contributed by atoms with van der Waals surface area (Å²) in [6.45, 7) is 2.05. The Bertz CT molecular complexity index is 546. The van der Waals surface area contributed by atoms with Crippen LogP contribution < -0.4 is 0 Å². The summed E-state index contributed by atoms with van der Waals surface area (Å²) in [5, 5.41) is 0.410. The molecule has 0 N–H and O–H groups in total. The van der Waals surface area contributed by atoms with E-state index in [9.17, 15) is 9.59 Å². The molecule has 1 aliphatic carbocycles. The first kappa shape index (κ1) is 16.2. The summed E-state index contributed by atoms with van der Waals surface area (Å²) in [6, 6.07) is 5.48. The average molecular weight is 328 g/mol. The summed E-state index contributed by atoms with van der Waals surface area (Å²) >= 11 is 7.69. The molecule has 0 aliphatic heterocycles. The summed E-state index contributed by atoms with van der Waals surface area (Å²) < 4.78 is 4.94. The Morgan fingerprint density at radius 2 is 2.14 bits per heavy atom. The van der Waals surface area contributed by atoms with Crippen molar-refractivity contribution in [1.29, 1.82) is 0 Å². The fourth-order valence-electron chi connectivity index (χ4n) is 2.05. The Hall–Kier alpha value is -1.20. The van der Waals surface area contributed by atoms with Gasteiger partial charge in [-0.25, -0.2) is 0 Å². The molecule has 0 atom stereocenters. The molecule has 0 bridgehead atoms. The van der Waals surface area contributed by atoms with Crippen LogP contribution in [0.3, 0.4) is 0 Å². The Morgan fingerprint density at radius 3 is 2.71 bits per heavy atom. The fraction of sp³-hybridized carbons (Fsp3) is 0.467. The van der Waals surface area contributed by atoms with Crippen LogP contribution in [0.2, 0.25) is 5.02 Å². The van der Waals surface area contributed by atoms with Gasteiger partial charge in [0.25, 0.3) is 5.91 Å². The fourth-order valence-corrected chi connectivity index (χ4v) is 2.69. The van der Waals surface area contributed by atoms with Crippen molar-refractivity contribution >= 4 is 35.2 Å². The third kappa shape index (κ3) is 4.14. The van der Waals surface area contributed by atoms with Crippen molar-refractivity contribution in [3.63, 3.8) is 0 Å². The second kappa shape index (κ2) is 7.18. The molecule has 0 radical (unpaired) electrons. The minimum absolute atomic E-state index is 0.0167. The van der Waals surface area contributed by atoms with Gasteiger partial charge in [-0.2, -0.15) is 0 Å². The van der Waals surface area contributed by atoms with E-state index in [4.69, 9.17) is 16.3 Å². The maximum atomic E-state index is 12.7. The summed E-state index contributed by atoms with van der Waals surface area (Å²) in [5.74, 6) is -0.582. The maximum absolute atomic E-state index is 12.7. The van der Waals surface area contributed by atoms with Crippen molar-refractivity contribution in [2.24, 2.45) is 0 Å². The summed E-state index contributed by atoms with van der Waals surface area (Å²) in [7, 11) is 0. The number of halogens is 1. The van der Waals surface area contributed by atoms with Gasteiger partial charge in [0.1, 0.15) is 6.54 Å². The molecule has 0 aromatic heterocycles. The van der Waals surface area contributed by atoms with E-state index in [0.29, 0.717) is 17.2 Å². The van der Waals surface area contributed by atoms with Gasteiger partial charge in [-0.3, -0.25) is 9.59 Å². The van der Waals surface area contributed by atoms with Gasteiger partial charge in [-0.15, -0.1) is 11.8 Å². The first-order valence-electron chi connectivity index (χ1n) is 6.87. The number of hydrogen-bond donors (Lipinski definition) is 0. The smallest absolute Gasteiger partial charge is 0.325 e. The second-order valence-corrected chi connectivity index (χ2v) is 6.10. The van der Waals surface area contributed by atoms with Crippen LogP contribution in [0.4, 0.5) is 0 Å². The topological polar surface area (TPSA) is 46.6 Å². The van der Waals surface area contributed by atoms with Crippen molar-refractivity contribution in [2.75, 3.05) is 19.4 Å². The van der Waals surface area contributed by atoms with E-state index in [-0.39, 0.29) is 24.5 Å². The van der Waals surface area contributed by atoms with Gasteiger partial charge in [0.15, 0.2) is 0 Å². The number of carbonyl (C=O) groups excluding carboxylic acids is 2. The predicted octanol–water partition coefficient (Wildman–Crippen LogP) is 3.23. The van der Waals surface area contributed by atoms with Crippen LogP contribution in [0.5, 0.6) is 0 Å². The third-order valence-electron chi connectivity index (χ3n) is 3.26. The molecule has 0 saturated heterocycles. The van der Waals surface area contributed by atoms with Crippen molar-refractivity contribution in [3.8, 4) is 0 Å². The van der Waals surface area contributed by atoms with Crippen LogP contribution in [0, 0.1) is 0 Å². The summed E-state index contributed by atoms with van der Waals surface area (Å²) in [6.07, 6.45) is 3.78. The molecule has 1 amide bonds. The van der Waals surface area contributed by atoms with Crippen molar-refractivity contribution in [1.82, 2.24) is 4.90 Å². The van der Waals surface area contributed by atoms with Crippen LogP contribution in [-0.4, -0.2) is 42.2 Å². The highest BCUT2D eigenvalue weighted by Crippen LogP contribution is 2.31. The number of carbonyl (C=O) groups is 2. The zero-order chi connectivity index (χ0) is 15.4. The van der Waals surface area contributed by atoms with Gasteiger partial charge in [-0.05, 0) is 44.2 Å². The predicted molar refractivity (Wildman–Crippen MR) is 83.9 cm³/mol. The SMILES string of the molecule is CCOC(=O)CN(C(=O)c1cc(SC)ccc1Cl)C1CC1. The van der Waals surface area contributed by atoms with E-state index >= 15 is 0 Å². The molecule has 1 saturated carbocycles. The number of hydrogen-bond acceptors (Lipinski definition) is 4. The highest BCUT2D eigenvalue weighted by molar-refractivity contribution is 7.98. The second-order valence-electron chi connectivity index (χ2n) is 4.82. The first-order valence-corrected chi connectivity index (χ1v) is 8.47. The molecule has 0 unspecified atom stereocenters. The lowest BCUT2D eigenvalue weighted by Gasteiger charge is -2.22. The van der Waals surface area contributed by atoms with Gasteiger partial charge in [0.2, 0.25) is 0 Å². The van der Waals surface area contributed by atoms with E-state index in [1.165, 1.54) is 0 Å². The van der Waals surface area contributed by atoms with Gasteiger partial charge >= 0.3 is 5.97 Å². The lowest BCUT2D eigenvalue weighted by Crippen LogP contribution is -2.38. The zero-order valence-electron chi connectivity index (χ0n) is 12.1. The molecule has 0 spiro atoms. The van der Waals surface area contributed by atoms with Gasteiger partial charge in [0, 0.05) is 10.9 Å². The van der Waals surface area contributed by atoms with Crippen molar-refractivity contribution < 1.29 is 14.3 Å². The number of esters is 1. The number of amides is 1. The minimum Gasteiger partial charge on any atom is -0.465 e. The van der Waals surface area contributed by atoms with Gasteiger partial charge < -0.3 is 9.64 Å². The van der Waals surface area contributed by atoms with E-state index in [1.807, 2.05) is 12.3 Å². The van der Waals surface area contributed by atoms with Crippen molar-refractivity contribution in [2.45, 2.75) is 30.7 Å². The molecule has 1 aliphatic rings. The molecular formula is C15H18ClNO3S. The normalized spacial score (nSPS) is 13.9. The van der Waals surface area contributed by atoms with E-state index < -0.39 is 0 Å². The Morgan fingerprint density at radius 1 is 1.43 bits per heavy atom. The molecule has 4 nitrogen and oxygen atoms in total. The van der Waals surface area contributed by atoms with Crippen molar-refractivity contribution in [3.05, 3.63) is 28.8 Å². The molecule has 21 heavy (non-hydrogen) atoms. The summed E-state index contributed by atoms with van der Waals surface area (Å²) in [5.41, 5.74) is 0.444. The lowest BCUT2D eigenvalue weighted by molar-refractivity contribution is -0.144. The maximum Gasteiger partial charge on any atom is 0.325 e. The number of rotatable bonds is 6. The van der Waals surface area contributed by atoms with E-state index in [2.05, 4.69) is 0 Å². The number of ether oxygens (including phenoxy) is 1. The van der Waals surface area contributed by atoms with Crippen LogP contribution in [0.1, 0.15) is 30.1 Å². The van der Waals surface area contributed by atoms with E-state index in [1.54, 1.807) is 35.7 Å². The molecular weight excluding hydrogens is 310 g/mol. The largest absolute Gasteiger partial charge is 0.465 e. The van der Waals surface area contributed by atoms with Crippen LogP contribution in [0.25, 0.3) is 0 Å². The molecule has 6 heteroatoms. The third-order valence-corrected chi connectivity index (χ3v) is 4.31. The Kier molecular flexibility index (Phi) is 5.53. The van der Waals surface area contributed by atoms with Crippen LogP contribution >= 0.6 is 23.4 Å². The number of thioether (sulfide) groups is 1. The molecule has 114 valence electrons. The summed E-state index contributed by atoms with van der Waals surface area (Å²) in [4.78, 5) is 26.9. The highest BCUT2D eigenvalue weighted by Gasteiger charge is 2.35. The quantitative estimate of drug-likeness (QED) is 0.594. The van der Waals surface area contributed by atoms with Crippen LogP contribution in [0.15, 0.2) is 23.1 Å². The van der Waals surface area contributed by atoms with Gasteiger partial charge in [0.05, 0.1) is 17.2 Å². The molecule has 1 fully saturated rings. The van der Waals surface area contributed by atoms with Gasteiger partial charge in [-0.1, -0.05) is 11.6 Å². The number of benzene rings is 1. The Labute approximate surface area is 133 Å². The molecule has 1 aromatic rings. The molecule has 2 rings (SSSR count). The minimum atomic E-state index is -0.380. The van der Waals surface area contributed by atoms with Crippen LogP contribution in [-0.2, 0) is 9.53 Å². The molecule has 0 heterocycles. The molecule has 1 aromatic carbocycles. The first-order chi connectivity index (χ1) is 10.1. The zero-order valence-corrected chi connectivity index (χ0v) is 13.7. The Balaban J connectivity index is 2.20. The standard InChI is InChI=1S/C15H18ClNO3S/c1-3-20-14(18)9-17(10-4-5-10)15(19)12-8-11(21-2)6-7-13(12)16/h6-8,10H,3-5,9H2,1-2H3. The monoisotopic (exact) mass is 327 g/mol. The highest BCUT2D eigenvalue weighted by atomic mass is 35.5. The number of nitrogens with zero attached hydrogens (tertiary/aromatic N) is 1. The lowest BCUT2D eigenvalue weighted by atomic mass is 10.2. The average Bonchev–Trinajstić information content (AvgIpc) is 3.29.